The van der Waals surface area contributed by atoms with E-state index >= 15 is 0 Å². The van der Waals surface area contributed by atoms with E-state index in [2.05, 4.69) is 29.9 Å². The smallest absolute Gasteiger partial charge is 0.103 e. The Hall–Kier alpha value is -1.05. The summed E-state index contributed by atoms with van der Waals surface area (Å²) in [6, 6.07) is 0. The van der Waals surface area contributed by atoms with Gasteiger partial charge in [0, 0.05) is 0 Å². The van der Waals surface area contributed by atoms with Crippen LogP contribution in [0.3, 0.4) is 0 Å². The molecule has 0 saturated heterocycles. The molecule has 0 aromatic carbocycles. The van der Waals surface area contributed by atoms with Crippen LogP contribution in [-0.4, -0.2) is 9.97 Å². The molecule has 2 heteroatoms. The Labute approximate surface area is 67.4 Å². The van der Waals surface area contributed by atoms with Gasteiger partial charge in [0.15, 0.2) is 0 Å². The molecule has 0 aliphatic carbocycles. The highest BCUT2D eigenvalue weighted by molar-refractivity contribution is 5.61. The number of rotatable bonds is 2. The Morgan fingerprint density at radius 2 is 2.45 bits per heavy atom. The van der Waals surface area contributed by atoms with Gasteiger partial charge in [-0.05, 0) is 25.8 Å². The normalized spacial score (nSPS) is 12.1. The molecule has 1 N–H and O–H groups in total. The van der Waals surface area contributed by atoms with Crippen molar-refractivity contribution in [3.8, 4) is 0 Å². The van der Waals surface area contributed by atoms with Crippen molar-refractivity contribution in [2.45, 2.75) is 27.2 Å². The number of allylic oxidation sites excluding steroid dienone is 2. The molecule has 1 heterocycles. The summed E-state index contributed by atoms with van der Waals surface area (Å²) < 4.78 is 0. The van der Waals surface area contributed by atoms with Crippen molar-refractivity contribution in [3.63, 3.8) is 0 Å². The van der Waals surface area contributed by atoms with Gasteiger partial charge in [-0.2, -0.15) is 0 Å². The van der Waals surface area contributed by atoms with Crippen LogP contribution in [0.2, 0.25) is 0 Å². The lowest BCUT2D eigenvalue weighted by molar-refractivity contribution is 1.13. The fourth-order valence-electron chi connectivity index (χ4n) is 1.13. The number of nitrogens with one attached hydrogen (secondary N) is 1. The van der Waals surface area contributed by atoms with Crippen LogP contribution in [0, 0.1) is 6.92 Å². The third-order valence-electron chi connectivity index (χ3n) is 1.78. The zero-order valence-corrected chi connectivity index (χ0v) is 7.31. The Kier molecular flexibility index (Phi) is 2.47. The molecule has 0 bridgehead atoms. The Balaban J connectivity index is 2.91. The van der Waals surface area contributed by atoms with Gasteiger partial charge in [-0.15, -0.1) is 0 Å². The first-order valence-electron chi connectivity index (χ1n) is 3.95. The second-order valence-electron chi connectivity index (χ2n) is 2.55. The highest BCUT2D eigenvalue weighted by Crippen LogP contribution is 2.14. The van der Waals surface area contributed by atoms with Crippen molar-refractivity contribution in [2.24, 2.45) is 0 Å². The van der Waals surface area contributed by atoms with Gasteiger partial charge in [-0.3, -0.25) is 0 Å². The molecule has 1 aromatic rings. The first-order chi connectivity index (χ1) is 5.27. The molecule has 0 atom stereocenters. The van der Waals surface area contributed by atoms with E-state index in [0.717, 1.165) is 17.9 Å². The summed E-state index contributed by atoms with van der Waals surface area (Å²) in [4.78, 5) is 7.34. The van der Waals surface area contributed by atoms with E-state index in [4.69, 9.17) is 0 Å². The van der Waals surface area contributed by atoms with Gasteiger partial charge >= 0.3 is 0 Å². The standard InChI is InChI=1S/C9H14N2/c1-4-8(5-2)9-6-10-7(3)11-9/h4,6H,5H2,1-3H3,(H,10,11). The lowest BCUT2D eigenvalue weighted by Crippen LogP contribution is -1.81. The molecule has 0 amide bonds. The molecule has 0 radical (unpaired) electrons. The molecule has 0 fully saturated rings. The fourth-order valence-corrected chi connectivity index (χ4v) is 1.13. The van der Waals surface area contributed by atoms with Gasteiger partial charge in [0.25, 0.3) is 0 Å². The van der Waals surface area contributed by atoms with Gasteiger partial charge < -0.3 is 4.98 Å². The van der Waals surface area contributed by atoms with E-state index in [1.54, 1.807) is 0 Å². The monoisotopic (exact) mass is 150 g/mol. The minimum atomic E-state index is 0.979. The average Bonchev–Trinajstić information content (AvgIpc) is 2.39. The third kappa shape index (κ3) is 1.70. The van der Waals surface area contributed by atoms with Crippen LogP contribution in [0.25, 0.3) is 5.57 Å². The largest absolute Gasteiger partial charge is 0.343 e. The molecule has 0 saturated carbocycles. The van der Waals surface area contributed by atoms with Gasteiger partial charge in [0.1, 0.15) is 5.82 Å². The minimum Gasteiger partial charge on any atom is -0.343 e. The van der Waals surface area contributed by atoms with Crippen molar-refractivity contribution in [2.75, 3.05) is 0 Å². The summed E-state index contributed by atoms with van der Waals surface area (Å²) in [7, 11) is 0. The number of imidazole rings is 1. The quantitative estimate of drug-likeness (QED) is 0.689. The summed E-state index contributed by atoms with van der Waals surface area (Å²) >= 11 is 0. The van der Waals surface area contributed by atoms with E-state index in [1.807, 2.05) is 13.1 Å². The fraction of sp³-hybridized carbons (Fsp3) is 0.444. The number of hydrogen-bond acceptors (Lipinski definition) is 1. The van der Waals surface area contributed by atoms with Crippen molar-refractivity contribution < 1.29 is 0 Å². The molecule has 2 nitrogen and oxygen atoms in total. The molecule has 0 unspecified atom stereocenters. The van der Waals surface area contributed by atoms with E-state index in [9.17, 15) is 0 Å². The second kappa shape index (κ2) is 3.37. The lowest BCUT2D eigenvalue weighted by Gasteiger charge is -1.97. The van der Waals surface area contributed by atoms with Gasteiger partial charge in [-0.25, -0.2) is 4.98 Å². The molecular weight excluding hydrogens is 136 g/mol. The maximum absolute atomic E-state index is 4.14. The summed E-state index contributed by atoms with van der Waals surface area (Å²) in [5.74, 6) is 0.979. The van der Waals surface area contributed by atoms with Crippen LogP contribution in [0.1, 0.15) is 31.8 Å². The van der Waals surface area contributed by atoms with E-state index < -0.39 is 0 Å². The number of hydrogen-bond donors (Lipinski definition) is 1. The molecule has 1 rings (SSSR count). The van der Waals surface area contributed by atoms with Crippen molar-refractivity contribution >= 4 is 5.57 Å². The number of aromatic amines is 1. The number of aryl methyl sites for hydroxylation is 1. The van der Waals surface area contributed by atoms with Gasteiger partial charge in [0.05, 0.1) is 11.9 Å². The van der Waals surface area contributed by atoms with Crippen LogP contribution in [0.5, 0.6) is 0 Å². The molecule has 0 aliphatic rings. The summed E-state index contributed by atoms with van der Waals surface area (Å²) in [6.07, 6.45) is 5.05. The van der Waals surface area contributed by atoms with Crippen molar-refractivity contribution in [3.05, 3.63) is 23.8 Å². The van der Waals surface area contributed by atoms with Gasteiger partial charge in [-0.1, -0.05) is 13.0 Å². The Bertz CT molecular complexity index is 258. The maximum atomic E-state index is 4.14. The summed E-state index contributed by atoms with van der Waals surface area (Å²) in [6.45, 7) is 6.16. The zero-order valence-electron chi connectivity index (χ0n) is 7.31. The molecule has 11 heavy (non-hydrogen) atoms. The lowest BCUT2D eigenvalue weighted by atomic mass is 10.1. The van der Waals surface area contributed by atoms with Crippen molar-refractivity contribution in [1.29, 1.82) is 0 Å². The topological polar surface area (TPSA) is 28.7 Å². The first-order valence-corrected chi connectivity index (χ1v) is 3.95. The minimum absolute atomic E-state index is 0.979. The van der Waals surface area contributed by atoms with Crippen LogP contribution in [0.15, 0.2) is 12.3 Å². The van der Waals surface area contributed by atoms with E-state index in [1.165, 1.54) is 5.57 Å². The van der Waals surface area contributed by atoms with Crippen LogP contribution in [0.4, 0.5) is 0 Å². The van der Waals surface area contributed by atoms with Gasteiger partial charge in [0.2, 0.25) is 0 Å². The van der Waals surface area contributed by atoms with Crippen LogP contribution in [-0.2, 0) is 0 Å². The molecular formula is C9H14N2. The van der Waals surface area contributed by atoms with E-state index in [-0.39, 0.29) is 0 Å². The average molecular weight is 150 g/mol. The SMILES string of the molecule is CC=C(CC)c1cnc(C)[nH]1. The first kappa shape index (κ1) is 8.05. The Morgan fingerprint density at radius 3 is 2.82 bits per heavy atom. The summed E-state index contributed by atoms with van der Waals surface area (Å²) in [5.41, 5.74) is 2.47. The number of aromatic nitrogens is 2. The second-order valence-corrected chi connectivity index (χ2v) is 2.55. The maximum Gasteiger partial charge on any atom is 0.103 e. The zero-order chi connectivity index (χ0) is 8.27. The summed E-state index contributed by atoms with van der Waals surface area (Å²) in [5, 5.41) is 0. The predicted molar refractivity (Wildman–Crippen MR) is 47.3 cm³/mol. The van der Waals surface area contributed by atoms with E-state index in [0.29, 0.717) is 0 Å². The van der Waals surface area contributed by atoms with Crippen LogP contribution >= 0.6 is 0 Å². The number of H-pyrrole nitrogens is 1. The van der Waals surface area contributed by atoms with Crippen molar-refractivity contribution in [1.82, 2.24) is 9.97 Å². The predicted octanol–water partition coefficient (Wildman–Crippen LogP) is 2.53. The number of nitrogens with zero attached hydrogens (tertiary/aromatic N) is 1. The molecule has 0 aliphatic heterocycles. The third-order valence-corrected chi connectivity index (χ3v) is 1.78. The molecule has 1 aromatic heterocycles. The highest BCUT2D eigenvalue weighted by Gasteiger charge is 1.99. The molecule has 60 valence electrons. The Morgan fingerprint density at radius 1 is 1.73 bits per heavy atom. The highest BCUT2D eigenvalue weighted by atomic mass is 14.9. The molecule has 0 spiro atoms. The van der Waals surface area contributed by atoms with Crippen LogP contribution < -0.4 is 0 Å².